The van der Waals surface area contributed by atoms with Gasteiger partial charge in [0.2, 0.25) is 5.91 Å². The lowest BCUT2D eigenvalue weighted by atomic mass is 9.91. The smallest absolute Gasteiger partial charge is 0.223 e. The van der Waals surface area contributed by atoms with E-state index < -0.39 is 0 Å². The first kappa shape index (κ1) is 12.8. The Morgan fingerprint density at radius 3 is 2.53 bits per heavy atom. The number of fused-ring (bicyclic) bond motifs is 2. The van der Waals surface area contributed by atoms with Gasteiger partial charge in [-0.3, -0.25) is 4.79 Å². The molecular weight excluding hydrogens is 212 g/mol. The van der Waals surface area contributed by atoms with E-state index in [2.05, 4.69) is 31.0 Å². The van der Waals surface area contributed by atoms with E-state index in [4.69, 9.17) is 0 Å². The SMILES string of the molecule is CC(C)(C)CC(=O)N1C[C@@H]2C[C@H]1CN2.Cl. The molecule has 2 bridgehead atoms. The predicted molar refractivity (Wildman–Crippen MR) is 63.2 cm³/mol. The van der Waals surface area contributed by atoms with Gasteiger partial charge in [0.1, 0.15) is 0 Å². The molecule has 0 radical (unpaired) electrons. The third kappa shape index (κ3) is 2.85. The third-order valence-corrected chi connectivity index (χ3v) is 3.06. The van der Waals surface area contributed by atoms with Gasteiger partial charge in [-0.15, -0.1) is 12.4 Å². The Balaban J connectivity index is 0.00000112. The Morgan fingerprint density at radius 2 is 2.13 bits per heavy atom. The maximum Gasteiger partial charge on any atom is 0.223 e. The zero-order valence-electron chi connectivity index (χ0n) is 9.75. The van der Waals surface area contributed by atoms with E-state index in [1.165, 1.54) is 0 Å². The Kier molecular flexibility index (Phi) is 3.67. The summed E-state index contributed by atoms with van der Waals surface area (Å²) in [5, 5.41) is 3.41. The van der Waals surface area contributed by atoms with Gasteiger partial charge in [0, 0.05) is 31.6 Å². The average molecular weight is 233 g/mol. The number of carbonyl (C=O) groups excluding carboxylic acids is 1. The van der Waals surface area contributed by atoms with Crippen molar-refractivity contribution in [2.24, 2.45) is 5.41 Å². The molecule has 0 unspecified atom stereocenters. The van der Waals surface area contributed by atoms with Gasteiger partial charge >= 0.3 is 0 Å². The van der Waals surface area contributed by atoms with Gasteiger partial charge in [-0.25, -0.2) is 0 Å². The van der Waals surface area contributed by atoms with E-state index in [0.717, 1.165) is 19.5 Å². The molecule has 3 nitrogen and oxygen atoms in total. The maximum absolute atomic E-state index is 11.9. The van der Waals surface area contributed by atoms with Crippen molar-refractivity contribution in [2.45, 2.75) is 45.7 Å². The summed E-state index contributed by atoms with van der Waals surface area (Å²) in [4.78, 5) is 14.0. The lowest BCUT2D eigenvalue weighted by molar-refractivity contribution is -0.134. The van der Waals surface area contributed by atoms with Gasteiger partial charge in [0.05, 0.1) is 0 Å². The fraction of sp³-hybridized carbons (Fsp3) is 0.909. The van der Waals surface area contributed by atoms with E-state index in [-0.39, 0.29) is 17.8 Å². The quantitative estimate of drug-likeness (QED) is 0.742. The topological polar surface area (TPSA) is 32.3 Å². The van der Waals surface area contributed by atoms with Crippen LogP contribution in [0.15, 0.2) is 0 Å². The van der Waals surface area contributed by atoms with Crippen molar-refractivity contribution in [3.8, 4) is 0 Å². The van der Waals surface area contributed by atoms with Crippen LogP contribution < -0.4 is 5.32 Å². The van der Waals surface area contributed by atoms with Gasteiger partial charge in [0.15, 0.2) is 0 Å². The molecule has 2 heterocycles. The van der Waals surface area contributed by atoms with Crippen LogP contribution in [0.5, 0.6) is 0 Å². The monoisotopic (exact) mass is 232 g/mol. The number of nitrogens with zero attached hydrogens (tertiary/aromatic N) is 1. The van der Waals surface area contributed by atoms with E-state index in [1.54, 1.807) is 0 Å². The highest BCUT2D eigenvalue weighted by Crippen LogP contribution is 2.27. The number of halogens is 1. The molecule has 88 valence electrons. The number of piperazine rings is 1. The molecule has 0 aliphatic carbocycles. The Bertz CT molecular complexity index is 249. The van der Waals surface area contributed by atoms with E-state index in [1.807, 2.05) is 0 Å². The molecule has 2 aliphatic rings. The Hall–Kier alpha value is -0.280. The van der Waals surface area contributed by atoms with Crippen LogP contribution in [-0.4, -0.2) is 36.0 Å². The van der Waals surface area contributed by atoms with E-state index in [0.29, 0.717) is 24.4 Å². The summed E-state index contributed by atoms with van der Waals surface area (Å²) in [6.07, 6.45) is 1.84. The fourth-order valence-electron chi connectivity index (χ4n) is 2.42. The molecule has 0 aromatic carbocycles. The van der Waals surface area contributed by atoms with Crippen molar-refractivity contribution in [3.63, 3.8) is 0 Å². The van der Waals surface area contributed by atoms with Crippen LogP contribution in [0, 0.1) is 5.41 Å². The standard InChI is InChI=1S/C11H20N2O.ClH/c1-11(2,3)5-10(14)13-7-8-4-9(13)6-12-8;/h8-9,12H,4-7H2,1-3H3;1H/t8-,9-;/m0./s1. The number of amides is 1. The van der Waals surface area contributed by atoms with Crippen molar-refractivity contribution in [1.82, 2.24) is 10.2 Å². The molecule has 2 aliphatic heterocycles. The highest BCUT2D eigenvalue weighted by Gasteiger charge is 2.40. The molecule has 2 rings (SSSR count). The molecule has 0 aromatic rings. The largest absolute Gasteiger partial charge is 0.337 e. The second kappa shape index (κ2) is 4.30. The van der Waals surface area contributed by atoms with Gasteiger partial charge < -0.3 is 10.2 Å². The van der Waals surface area contributed by atoms with Crippen molar-refractivity contribution in [3.05, 3.63) is 0 Å². The van der Waals surface area contributed by atoms with Crippen LogP contribution in [0.3, 0.4) is 0 Å². The molecule has 4 heteroatoms. The van der Waals surface area contributed by atoms with Crippen molar-refractivity contribution >= 4 is 18.3 Å². The summed E-state index contributed by atoms with van der Waals surface area (Å²) in [6, 6.07) is 1.05. The highest BCUT2D eigenvalue weighted by atomic mass is 35.5. The summed E-state index contributed by atoms with van der Waals surface area (Å²) >= 11 is 0. The number of hydrogen-bond donors (Lipinski definition) is 1. The minimum atomic E-state index is 0. The fourth-order valence-corrected chi connectivity index (χ4v) is 2.42. The number of carbonyl (C=O) groups is 1. The zero-order valence-corrected chi connectivity index (χ0v) is 10.6. The summed E-state index contributed by atoms with van der Waals surface area (Å²) in [5.41, 5.74) is 0.117. The van der Waals surface area contributed by atoms with Gasteiger partial charge in [-0.05, 0) is 11.8 Å². The Morgan fingerprint density at radius 1 is 1.47 bits per heavy atom. The predicted octanol–water partition coefficient (Wildman–Crippen LogP) is 1.42. The molecule has 2 saturated heterocycles. The van der Waals surface area contributed by atoms with Gasteiger partial charge in [-0.2, -0.15) is 0 Å². The molecule has 0 aromatic heterocycles. The van der Waals surface area contributed by atoms with E-state index in [9.17, 15) is 4.79 Å². The highest BCUT2D eigenvalue weighted by molar-refractivity contribution is 5.85. The summed E-state index contributed by atoms with van der Waals surface area (Å²) in [7, 11) is 0. The van der Waals surface area contributed by atoms with Crippen LogP contribution >= 0.6 is 12.4 Å². The van der Waals surface area contributed by atoms with Gasteiger partial charge in [-0.1, -0.05) is 20.8 Å². The summed E-state index contributed by atoms with van der Waals surface area (Å²) < 4.78 is 0. The lowest BCUT2D eigenvalue weighted by Crippen LogP contribution is -2.47. The molecular formula is C11H21ClN2O. The first-order valence-corrected chi connectivity index (χ1v) is 5.48. The molecule has 2 atom stereocenters. The molecule has 0 saturated carbocycles. The second-order valence-electron chi connectivity index (χ2n) is 5.78. The van der Waals surface area contributed by atoms with Crippen molar-refractivity contribution in [1.29, 1.82) is 0 Å². The first-order chi connectivity index (χ1) is 6.46. The summed E-state index contributed by atoms with van der Waals surface area (Å²) in [5.74, 6) is 0.339. The summed E-state index contributed by atoms with van der Waals surface area (Å²) in [6.45, 7) is 8.30. The molecule has 0 spiro atoms. The number of rotatable bonds is 1. The minimum absolute atomic E-state index is 0. The van der Waals surface area contributed by atoms with Gasteiger partial charge in [0.25, 0.3) is 0 Å². The van der Waals surface area contributed by atoms with Crippen LogP contribution in [0.25, 0.3) is 0 Å². The lowest BCUT2D eigenvalue weighted by Gasteiger charge is -2.30. The molecule has 2 fully saturated rings. The van der Waals surface area contributed by atoms with Crippen LogP contribution in [0.2, 0.25) is 0 Å². The second-order valence-corrected chi connectivity index (χ2v) is 5.78. The molecule has 1 N–H and O–H groups in total. The number of likely N-dealkylation sites (tertiary alicyclic amines) is 1. The molecule has 1 amide bonds. The normalized spacial score (nSPS) is 29.1. The Labute approximate surface area is 98.0 Å². The number of nitrogens with one attached hydrogen (secondary N) is 1. The van der Waals surface area contributed by atoms with E-state index >= 15 is 0 Å². The first-order valence-electron chi connectivity index (χ1n) is 5.48. The van der Waals surface area contributed by atoms with Crippen molar-refractivity contribution in [2.75, 3.05) is 13.1 Å². The minimum Gasteiger partial charge on any atom is -0.337 e. The average Bonchev–Trinajstić information content (AvgIpc) is 2.59. The van der Waals surface area contributed by atoms with Crippen LogP contribution in [0.1, 0.15) is 33.6 Å². The zero-order chi connectivity index (χ0) is 10.3. The van der Waals surface area contributed by atoms with Crippen molar-refractivity contribution < 1.29 is 4.79 Å². The maximum atomic E-state index is 11.9. The molecule has 15 heavy (non-hydrogen) atoms. The van der Waals surface area contributed by atoms with Crippen LogP contribution in [-0.2, 0) is 4.79 Å². The third-order valence-electron chi connectivity index (χ3n) is 3.06. The van der Waals surface area contributed by atoms with Crippen LogP contribution in [0.4, 0.5) is 0 Å². The number of hydrogen-bond acceptors (Lipinski definition) is 2.